The summed E-state index contributed by atoms with van der Waals surface area (Å²) in [6.45, 7) is 3.55. The zero-order valence-corrected chi connectivity index (χ0v) is 15.9. The van der Waals surface area contributed by atoms with E-state index in [1.54, 1.807) is 38.2 Å². The van der Waals surface area contributed by atoms with Crippen LogP contribution < -0.4 is 10.0 Å². The van der Waals surface area contributed by atoms with E-state index in [0.29, 0.717) is 5.69 Å². The van der Waals surface area contributed by atoms with Crippen molar-refractivity contribution in [2.45, 2.75) is 31.3 Å². The van der Waals surface area contributed by atoms with Crippen LogP contribution in [0.25, 0.3) is 0 Å². The van der Waals surface area contributed by atoms with Crippen LogP contribution in [0.1, 0.15) is 29.9 Å². The van der Waals surface area contributed by atoms with Crippen molar-refractivity contribution >= 4 is 39.1 Å². The van der Waals surface area contributed by atoms with Crippen LogP contribution in [0, 0.1) is 0 Å². The lowest BCUT2D eigenvalue weighted by Crippen LogP contribution is -2.31. The molecule has 6 nitrogen and oxygen atoms in total. The molecule has 1 heterocycles. The fourth-order valence-corrected chi connectivity index (χ4v) is 4.16. The first-order chi connectivity index (χ1) is 11.7. The summed E-state index contributed by atoms with van der Waals surface area (Å²) in [5, 5.41) is 2.66. The van der Waals surface area contributed by atoms with Crippen molar-refractivity contribution in [1.82, 2.24) is 15.0 Å². The third kappa shape index (κ3) is 5.15. The second-order valence-electron chi connectivity index (χ2n) is 5.54. The Hall–Kier alpha value is -1.67. The van der Waals surface area contributed by atoms with Crippen molar-refractivity contribution < 1.29 is 13.2 Å². The van der Waals surface area contributed by atoms with E-state index in [4.69, 9.17) is 23.2 Å². The Balaban J connectivity index is 2.29. The fraction of sp³-hybridized carbons (Fsp3) is 0.250. The molecule has 2 N–H and O–H groups in total. The highest BCUT2D eigenvalue weighted by atomic mass is 35.5. The molecule has 0 bridgehead atoms. The molecule has 0 spiro atoms. The van der Waals surface area contributed by atoms with E-state index in [1.165, 1.54) is 12.1 Å². The highest BCUT2D eigenvalue weighted by Crippen LogP contribution is 2.29. The van der Waals surface area contributed by atoms with E-state index < -0.39 is 15.9 Å². The number of pyridine rings is 1. The molecule has 0 aliphatic rings. The van der Waals surface area contributed by atoms with Crippen molar-refractivity contribution in [3.63, 3.8) is 0 Å². The van der Waals surface area contributed by atoms with Gasteiger partial charge in [-0.2, -0.15) is 0 Å². The smallest absolute Gasteiger partial charge is 0.253 e. The molecule has 0 aliphatic heterocycles. The van der Waals surface area contributed by atoms with Gasteiger partial charge in [-0.05, 0) is 38.1 Å². The van der Waals surface area contributed by atoms with Gasteiger partial charge in [0, 0.05) is 12.2 Å². The maximum Gasteiger partial charge on any atom is 0.253 e. The molecule has 0 saturated heterocycles. The first-order valence-corrected chi connectivity index (χ1v) is 9.64. The number of halogens is 2. The van der Waals surface area contributed by atoms with Crippen molar-refractivity contribution in [3.8, 4) is 0 Å². The number of nitrogens with zero attached hydrogens (tertiary/aromatic N) is 1. The summed E-state index contributed by atoms with van der Waals surface area (Å²) in [5.74, 6) is -0.520. The van der Waals surface area contributed by atoms with E-state index in [-0.39, 0.29) is 33.1 Å². The summed E-state index contributed by atoms with van der Waals surface area (Å²) in [4.78, 5) is 16.3. The third-order valence-corrected chi connectivity index (χ3v) is 5.54. The third-order valence-electron chi connectivity index (χ3n) is 3.10. The Bertz CT molecular complexity index is 872. The Labute approximate surface area is 156 Å². The molecule has 1 amide bonds. The van der Waals surface area contributed by atoms with Crippen LogP contribution in [0.2, 0.25) is 10.0 Å². The molecule has 134 valence electrons. The number of hydrogen-bond acceptors (Lipinski definition) is 4. The molecule has 1 aromatic carbocycles. The minimum absolute atomic E-state index is 0.0196. The van der Waals surface area contributed by atoms with Gasteiger partial charge in [0.15, 0.2) is 0 Å². The van der Waals surface area contributed by atoms with E-state index in [2.05, 4.69) is 15.0 Å². The van der Waals surface area contributed by atoms with Crippen LogP contribution in [0.5, 0.6) is 0 Å². The van der Waals surface area contributed by atoms with E-state index in [9.17, 15) is 13.2 Å². The lowest BCUT2D eigenvalue weighted by Gasteiger charge is -2.13. The number of carbonyl (C=O) groups is 1. The standard InChI is InChI=1S/C16H17Cl2N3O3S/c1-10(2)21-25(23,24)15-7-12(13(17)8-14(15)18)16(22)20-9-11-5-3-4-6-19-11/h3-8,10,21H,9H2,1-2H3,(H,20,22). The first kappa shape index (κ1) is 19.7. The molecule has 2 rings (SSSR count). The molecule has 1 aromatic heterocycles. The first-order valence-electron chi connectivity index (χ1n) is 7.40. The van der Waals surface area contributed by atoms with Gasteiger partial charge in [0.1, 0.15) is 4.90 Å². The summed E-state index contributed by atoms with van der Waals surface area (Å²) in [6.07, 6.45) is 1.61. The van der Waals surface area contributed by atoms with E-state index >= 15 is 0 Å². The normalized spacial score (nSPS) is 11.6. The topological polar surface area (TPSA) is 88.2 Å². The lowest BCUT2D eigenvalue weighted by molar-refractivity contribution is 0.0950. The van der Waals surface area contributed by atoms with Gasteiger partial charge in [-0.3, -0.25) is 9.78 Å². The number of nitrogens with one attached hydrogen (secondary N) is 2. The van der Waals surface area contributed by atoms with Crippen LogP contribution in [0.4, 0.5) is 0 Å². The summed E-state index contributed by atoms with van der Waals surface area (Å²) in [5.41, 5.74) is 0.682. The second-order valence-corrected chi connectivity index (χ2v) is 8.04. The molecule has 2 aromatic rings. The van der Waals surface area contributed by atoms with Gasteiger partial charge in [-0.15, -0.1) is 0 Å². The lowest BCUT2D eigenvalue weighted by atomic mass is 10.2. The summed E-state index contributed by atoms with van der Waals surface area (Å²) in [6, 6.07) is 7.41. The molecule has 25 heavy (non-hydrogen) atoms. The minimum Gasteiger partial charge on any atom is -0.346 e. The highest BCUT2D eigenvalue weighted by Gasteiger charge is 2.23. The van der Waals surface area contributed by atoms with Gasteiger partial charge < -0.3 is 5.32 Å². The maximum absolute atomic E-state index is 12.4. The van der Waals surface area contributed by atoms with Crippen LogP contribution in [0.3, 0.4) is 0 Å². The predicted octanol–water partition coefficient (Wildman–Crippen LogP) is 3.01. The predicted molar refractivity (Wildman–Crippen MR) is 97.3 cm³/mol. The minimum atomic E-state index is -3.86. The monoisotopic (exact) mass is 401 g/mol. The van der Waals surface area contributed by atoms with Gasteiger partial charge >= 0.3 is 0 Å². The number of hydrogen-bond donors (Lipinski definition) is 2. The summed E-state index contributed by atoms with van der Waals surface area (Å²) >= 11 is 12.1. The molecule has 9 heteroatoms. The van der Waals surface area contributed by atoms with Crippen molar-refractivity contribution in [3.05, 3.63) is 57.8 Å². The Morgan fingerprint density at radius 3 is 2.52 bits per heavy atom. The van der Waals surface area contributed by atoms with Crippen molar-refractivity contribution in [2.24, 2.45) is 0 Å². The highest BCUT2D eigenvalue weighted by molar-refractivity contribution is 7.89. The molecule has 0 atom stereocenters. The fourth-order valence-electron chi connectivity index (χ4n) is 2.05. The average molecular weight is 402 g/mol. The molecule has 0 radical (unpaired) electrons. The number of rotatable bonds is 6. The molecule has 0 aliphatic carbocycles. The average Bonchev–Trinajstić information content (AvgIpc) is 2.52. The molecule has 0 fully saturated rings. The van der Waals surface area contributed by atoms with Gasteiger partial charge in [-0.25, -0.2) is 13.1 Å². The SMILES string of the molecule is CC(C)NS(=O)(=O)c1cc(C(=O)NCc2ccccn2)c(Cl)cc1Cl. The van der Waals surface area contributed by atoms with Crippen molar-refractivity contribution in [1.29, 1.82) is 0 Å². The summed E-state index contributed by atoms with van der Waals surface area (Å²) < 4.78 is 27.1. The van der Waals surface area contributed by atoms with Crippen LogP contribution in [-0.2, 0) is 16.6 Å². The zero-order valence-electron chi connectivity index (χ0n) is 13.6. The second kappa shape index (κ2) is 8.14. The van der Waals surface area contributed by atoms with Gasteiger partial charge in [0.05, 0.1) is 27.8 Å². The number of sulfonamides is 1. The maximum atomic E-state index is 12.4. The molecule has 0 unspecified atom stereocenters. The molecule has 0 saturated carbocycles. The number of carbonyl (C=O) groups excluding carboxylic acids is 1. The van der Waals surface area contributed by atoms with Crippen LogP contribution in [-0.4, -0.2) is 25.4 Å². The molecular formula is C16H17Cl2N3O3S. The number of benzene rings is 1. The van der Waals surface area contributed by atoms with Crippen molar-refractivity contribution in [2.75, 3.05) is 0 Å². The number of aromatic nitrogens is 1. The zero-order chi connectivity index (χ0) is 18.6. The Morgan fingerprint density at radius 2 is 1.92 bits per heavy atom. The van der Waals surface area contributed by atoms with Crippen LogP contribution >= 0.6 is 23.2 Å². The van der Waals surface area contributed by atoms with Gasteiger partial charge in [0.2, 0.25) is 10.0 Å². The largest absolute Gasteiger partial charge is 0.346 e. The van der Waals surface area contributed by atoms with E-state index in [0.717, 1.165) is 0 Å². The Kier molecular flexibility index (Phi) is 6.40. The number of amides is 1. The van der Waals surface area contributed by atoms with Crippen LogP contribution in [0.15, 0.2) is 41.4 Å². The van der Waals surface area contributed by atoms with Gasteiger partial charge in [-0.1, -0.05) is 29.3 Å². The molecular weight excluding hydrogens is 385 g/mol. The van der Waals surface area contributed by atoms with Gasteiger partial charge in [0.25, 0.3) is 5.91 Å². The quantitative estimate of drug-likeness (QED) is 0.778. The Morgan fingerprint density at radius 1 is 1.20 bits per heavy atom. The van der Waals surface area contributed by atoms with E-state index in [1.807, 2.05) is 0 Å². The summed E-state index contributed by atoms with van der Waals surface area (Å²) in [7, 11) is -3.86.